The van der Waals surface area contributed by atoms with Crippen molar-refractivity contribution in [2.75, 3.05) is 11.4 Å². The van der Waals surface area contributed by atoms with Crippen LogP contribution in [0.3, 0.4) is 0 Å². The van der Waals surface area contributed by atoms with Crippen molar-refractivity contribution in [3.63, 3.8) is 0 Å². The van der Waals surface area contributed by atoms with E-state index in [0.29, 0.717) is 28.2 Å². The van der Waals surface area contributed by atoms with Gasteiger partial charge in [-0.15, -0.1) is 0 Å². The molecule has 1 aliphatic heterocycles. The molecular weight excluding hydrogens is 360 g/mol. The van der Waals surface area contributed by atoms with E-state index in [0.717, 1.165) is 28.8 Å². The molecule has 0 saturated carbocycles. The number of aryl methyl sites for hydroxylation is 1. The van der Waals surface area contributed by atoms with Crippen LogP contribution in [0.1, 0.15) is 29.1 Å². The van der Waals surface area contributed by atoms with E-state index in [1.54, 1.807) is 18.7 Å². The molecule has 1 amide bonds. The maximum Gasteiger partial charge on any atom is 0.333 e. The lowest BCUT2D eigenvalue weighted by Gasteiger charge is -2.18. The molecule has 1 aromatic heterocycles. The fraction of sp³-hybridized carbons (Fsp3) is 0.273. The van der Waals surface area contributed by atoms with Crippen molar-refractivity contribution in [3.8, 4) is 11.1 Å². The summed E-state index contributed by atoms with van der Waals surface area (Å²) in [6, 6.07) is 16.2. The number of benzene rings is 2. The number of anilines is 1. The number of fused-ring (bicyclic) bond motifs is 1. The lowest BCUT2D eigenvalue weighted by atomic mass is 10.0. The van der Waals surface area contributed by atoms with Gasteiger partial charge >= 0.3 is 6.55 Å². The van der Waals surface area contributed by atoms with E-state index in [1.165, 1.54) is 0 Å². The minimum absolute atomic E-state index is 0.0737. The zero-order chi connectivity index (χ0) is 19.8. The van der Waals surface area contributed by atoms with Crippen LogP contribution in [-0.2, 0) is 17.6 Å². The zero-order valence-corrected chi connectivity index (χ0v) is 15.8. The predicted molar refractivity (Wildman–Crippen MR) is 105 cm³/mol. The normalized spacial score (nSPS) is 13.2. The molecule has 0 atom stereocenters. The highest BCUT2D eigenvalue weighted by molar-refractivity contribution is 5.97. The minimum Gasteiger partial charge on any atom is -0.312 e. The van der Waals surface area contributed by atoms with Crippen molar-refractivity contribution in [2.45, 2.75) is 33.2 Å². The lowest BCUT2D eigenvalue weighted by Crippen LogP contribution is -2.30. The molecule has 3 aromatic rings. The van der Waals surface area contributed by atoms with E-state index in [-0.39, 0.29) is 12.3 Å². The van der Waals surface area contributed by atoms with Crippen LogP contribution in [0.25, 0.3) is 11.1 Å². The minimum atomic E-state index is -2.70. The topological polar surface area (TPSA) is 38.1 Å². The van der Waals surface area contributed by atoms with Crippen molar-refractivity contribution in [1.29, 1.82) is 0 Å². The molecule has 0 unspecified atom stereocenters. The average molecular weight is 381 g/mol. The van der Waals surface area contributed by atoms with Crippen LogP contribution in [0.15, 0.2) is 48.5 Å². The van der Waals surface area contributed by atoms with E-state index in [2.05, 4.69) is 23.3 Å². The number of aromatic nitrogens is 2. The molecule has 0 radical (unpaired) electrons. The summed E-state index contributed by atoms with van der Waals surface area (Å²) in [5, 5.41) is 3.87. The summed E-state index contributed by atoms with van der Waals surface area (Å²) in [4.78, 5) is 14.7. The van der Waals surface area contributed by atoms with Gasteiger partial charge in [0.1, 0.15) is 0 Å². The van der Waals surface area contributed by atoms with E-state index in [1.807, 2.05) is 30.3 Å². The maximum absolute atomic E-state index is 13.0. The van der Waals surface area contributed by atoms with Gasteiger partial charge in [0.15, 0.2) is 0 Å². The SMILES string of the molecule is Cc1nn(C(F)F)c(C)c1CC(=O)N1CCc2cc(-c3ccccc3)ccc21. The van der Waals surface area contributed by atoms with Gasteiger partial charge in [0.25, 0.3) is 0 Å². The molecule has 2 aromatic carbocycles. The van der Waals surface area contributed by atoms with Crippen molar-refractivity contribution < 1.29 is 13.6 Å². The highest BCUT2D eigenvalue weighted by Crippen LogP contribution is 2.33. The second kappa shape index (κ2) is 7.19. The Bertz CT molecular complexity index is 1030. The monoisotopic (exact) mass is 381 g/mol. The van der Waals surface area contributed by atoms with Gasteiger partial charge in [-0.05, 0) is 49.1 Å². The quantitative estimate of drug-likeness (QED) is 0.657. The smallest absolute Gasteiger partial charge is 0.312 e. The Hall–Kier alpha value is -3.02. The largest absolute Gasteiger partial charge is 0.333 e. The Labute approximate surface area is 162 Å². The third kappa shape index (κ3) is 3.19. The zero-order valence-electron chi connectivity index (χ0n) is 15.8. The second-order valence-electron chi connectivity index (χ2n) is 7.05. The van der Waals surface area contributed by atoms with Crippen LogP contribution in [-0.4, -0.2) is 22.2 Å². The van der Waals surface area contributed by atoms with Crippen LogP contribution < -0.4 is 4.90 Å². The first kappa shape index (κ1) is 18.3. The number of alkyl halides is 2. The molecule has 6 heteroatoms. The highest BCUT2D eigenvalue weighted by Gasteiger charge is 2.27. The Kier molecular flexibility index (Phi) is 4.71. The molecule has 0 aliphatic carbocycles. The second-order valence-corrected chi connectivity index (χ2v) is 7.05. The first-order valence-electron chi connectivity index (χ1n) is 9.27. The molecule has 1 aliphatic rings. The molecule has 4 nitrogen and oxygen atoms in total. The molecule has 144 valence electrons. The summed E-state index contributed by atoms with van der Waals surface area (Å²) in [6.07, 6.45) is 0.861. The summed E-state index contributed by atoms with van der Waals surface area (Å²) >= 11 is 0. The van der Waals surface area contributed by atoms with E-state index in [9.17, 15) is 13.6 Å². The first-order chi connectivity index (χ1) is 13.5. The number of carbonyl (C=O) groups excluding carboxylic acids is 1. The summed E-state index contributed by atoms with van der Waals surface area (Å²) in [7, 11) is 0. The highest BCUT2D eigenvalue weighted by atomic mass is 19.3. The number of carbonyl (C=O) groups is 1. The van der Waals surface area contributed by atoms with Crippen molar-refractivity contribution in [3.05, 3.63) is 71.0 Å². The first-order valence-corrected chi connectivity index (χ1v) is 9.27. The molecule has 0 spiro atoms. The molecule has 0 fully saturated rings. The van der Waals surface area contributed by atoms with Crippen LogP contribution in [0.2, 0.25) is 0 Å². The number of hydrogen-bond acceptors (Lipinski definition) is 2. The van der Waals surface area contributed by atoms with Crippen LogP contribution in [0.4, 0.5) is 14.5 Å². The number of nitrogens with zero attached hydrogens (tertiary/aromatic N) is 3. The van der Waals surface area contributed by atoms with Crippen molar-refractivity contribution >= 4 is 11.6 Å². The van der Waals surface area contributed by atoms with Gasteiger partial charge in [0.2, 0.25) is 5.91 Å². The Morgan fingerprint density at radius 1 is 1.11 bits per heavy atom. The molecule has 28 heavy (non-hydrogen) atoms. The maximum atomic E-state index is 13.0. The fourth-order valence-corrected chi connectivity index (χ4v) is 3.86. The van der Waals surface area contributed by atoms with Gasteiger partial charge in [0.05, 0.1) is 12.1 Å². The Balaban J connectivity index is 1.57. The molecule has 0 N–H and O–H groups in total. The molecule has 2 heterocycles. The number of hydrogen-bond donors (Lipinski definition) is 0. The van der Waals surface area contributed by atoms with Crippen molar-refractivity contribution in [2.24, 2.45) is 0 Å². The third-order valence-electron chi connectivity index (χ3n) is 5.37. The Morgan fingerprint density at radius 3 is 2.54 bits per heavy atom. The van der Waals surface area contributed by atoms with Crippen LogP contribution in [0, 0.1) is 13.8 Å². The van der Waals surface area contributed by atoms with Gasteiger partial charge in [-0.1, -0.05) is 36.4 Å². The standard InChI is InChI=1S/C22H21F2N3O/c1-14-19(15(2)27(25-14)22(23)24)13-21(28)26-11-10-18-12-17(8-9-20(18)26)16-6-4-3-5-7-16/h3-9,12,22H,10-11,13H2,1-2H3. The molecule has 4 rings (SSSR count). The molecule has 0 bridgehead atoms. The number of rotatable bonds is 4. The summed E-state index contributed by atoms with van der Waals surface area (Å²) in [6.45, 7) is 1.15. The average Bonchev–Trinajstić information content (AvgIpc) is 3.24. The number of halogens is 2. The van der Waals surface area contributed by atoms with Gasteiger partial charge in [0, 0.05) is 23.5 Å². The summed E-state index contributed by atoms with van der Waals surface area (Å²) in [5.41, 5.74) is 5.70. The molecular formula is C22H21F2N3O. The Morgan fingerprint density at radius 2 is 1.86 bits per heavy atom. The van der Waals surface area contributed by atoms with Gasteiger partial charge < -0.3 is 4.90 Å². The van der Waals surface area contributed by atoms with E-state index >= 15 is 0 Å². The van der Waals surface area contributed by atoms with Crippen LogP contribution >= 0.6 is 0 Å². The predicted octanol–water partition coefficient (Wildman–Crippen LogP) is 4.69. The fourth-order valence-electron chi connectivity index (χ4n) is 3.86. The summed E-state index contributed by atoms with van der Waals surface area (Å²) < 4.78 is 26.8. The molecule has 0 saturated heterocycles. The van der Waals surface area contributed by atoms with Crippen LogP contribution in [0.5, 0.6) is 0 Å². The van der Waals surface area contributed by atoms with Crippen molar-refractivity contribution in [1.82, 2.24) is 9.78 Å². The lowest BCUT2D eigenvalue weighted by molar-refractivity contribution is -0.117. The third-order valence-corrected chi connectivity index (χ3v) is 5.37. The van der Waals surface area contributed by atoms with E-state index < -0.39 is 6.55 Å². The van der Waals surface area contributed by atoms with Gasteiger partial charge in [-0.2, -0.15) is 13.9 Å². The van der Waals surface area contributed by atoms with Gasteiger partial charge in [-0.3, -0.25) is 4.79 Å². The number of amides is 1. The van der Waals surface area contributed by atoms with E-state index in [4.69, 9.17) is 0 Å². The van der Waals surface area contributed by atoms with Gasteiger partial charge in [-0.25, -0.2) is 4.68 Å². The summed E-state index contributed by atoms with van der Waals surface area (Å²) in [5.74, 6) is -0.0915.